The van der Waals surface area contributed by atoms with Crippen LogP contribution in [0.3, 0.4) is 0 Å². The summed E-state index contributed by atoms with van der Waals surface area (Å²) in [7, 11) is 0. The summed E-state index contributed by atoms with van der Waals surface area (Å²) < 4.78 is 0. The highest BCUT2D eigenvalue weighted by Gasteiger charge is 2.32. The second kappa shape index (κ2) is 7.59. The maximum absolute atomic E-state index is 11.7. The number of carbonyl (C=O) groups is 2. The normalized spacial score (nSPS) is 21.6. The lowest BCUT2D eigenvalue weighted by atomic mass is 9.73. The van der Waals surface area contributed by atoms with E-state index in [9.17, 15) is 9.59 Å². The Morgan fingerprint density at radius 3 is 2.50 bits per heavy atom. The Morgan fingerprint density at radius 1 is 1.28 bits per heavy atom. The van der Waals surface area contributed by atoms with E-state index >= 15 is 0 Å². The van der Waals surface area contributed by atoms with E-state index in [0.717, 1.165) is 19.3 Å². The molecule has 1 unspecified atom stereocenters. The van der Waals surface area contributed by atoms with E-state index in [4.69, 9.17) is 5.73 Å². The molecule has 0 aromatic rings. The largest absolute Gasteiger partial charge is 0.351 e. The molecule has 18 heavy (non-hydrogen) atoms. The van der Waals surface area contributed by atoms with Crippen LogP contribution in [0.15, 0.2) is 0 Å². The van der Waals surface area contributed by atoms with Crippen molar-refractivity contribution in [2.24, 2.45) is 11.1 Å². The molecule has 0 aromatic heterocycles. The minimum atomic E-state index is -0.303. The predicted octanol–water partition coefficient (Wildman–Crippen LogP) is 0.568. The third-order valence-electron chi connectivity index (χ3n) is 3.47. The fourth-order valence-electron chi connectivity index (χ4n) is 2.26. The van der Waals surface area contributed by atoms with Gasteiger partial charge in [-0.3, -0.25) is 9.59 Å². The molecule has 2 amide bonds. The number of halogens is 1. The van der Waals surface area contributed by atoms with Crippen LogP contribution in [0.4, 0.5) is 0 Å². The van der Waals surface area contributed by atoms with Gasteiger partial charge in [-0.15, -0.1) is 12.4 Å². The summed E-state index contributed by atoms with van der Waals surface area (Å²) in [6.07, 6.45) is 4.53. The molecule has 0 aliphatic heterocycles. The van der Waals surface area contributed by atoms with Gasteiger partial charge in [-0.25, -0.2) is 0 Å². The van der Waals surface area contributed by atoms with Gasteiger partial charge in [0.25, 0.3) is 0 Å². The lowest BCUT2D eigenvalue weighted by molar-refractivity contribution is -0.126. The minimum Gasteiger partial charge on any atom is -0.351 e. The number of hydrogen-bond donors (Lipinski definition) is 3. The highest BCUT2D eigenvalue weighted by Crippen LogP contribution is 2.35. The van der Waals surface area contributed by atoms with E-state index in [0.29, 0.717) is 0 Å². The Bertz CT molecular complexity index is 295. The highest BCUT2D eigenvalue weighted by atomic mass is 35.5. The Hall–Kier alpha value is -0.810. The zero-order chi connectivity index (χ0) is 12.9. The quantitative estimate of drug-likeness (QED) is 0.702. The first-order valence-corrected chi connectivity index (χ1v) is 6.22. The fourth-order valence-corrected chi connectivity index (χ4v) is 2.26. The Morgan fingerprint density at radius 2 is 1.94 bits per heavy atom. The molecule has 0 radical (unpaired) electrons. The van der Waals surface area contributed by atoms with Crippen molar-refractivity contribution in [2.75, 3.05) is 13.1 Å². The van der Waals surface area contributed by atoms with Crippen LogP contribution in [0.5, 0.6) is 0 Å². The van der Waals surface area contributed by atoms with Crippen molar-refractivity contribution in [3.8, 4) is 0 Å². The molecule has 0 aromatic carbocycles. The Balaban J connectivity index is 0.00000289. The molecule has 0 spiro atoms. The molecular weight excluding hydrogens is 254 g/mol. The summed E-state index contributed by atoms with van der Waals surface area (Å²) >= 11 is 0. The monoisotopic (exact) mass is 277 g/mol. The number of nitrogens with two attached hydrogens (primary N) is 1. The van der Waals surface area contributed by atoms with Gasteiger partial charge in [0.05, 0.1) is 13.1 Å². The topological polar surface area (TPSA) is 84.2 Å². The van der Waals surface area contributed by atoms with E-state index in [2.05, 4.69) is 24.5 Å². The van der Waals surface area contributed by atoms with Crippen LogP contribution in [-0.4, -0.2) is 30.9 Å². The van der Waals surface area contributed by atoms with Gasteiger partial charge >= 0.3 is 0 Å². The van der Waals surface area contributed by atoms with E-state index in [1.807, 2.05) is 0 Å². The number of nitrogens with one attached hydrogen (secondary N) is 2. The summed E-state index contributed by atoms with van der Waals surface area (Å²) in [6.45, 7) is 4.29. The molecular formula is C12H24ClN3O2. The van der Waals surface area contributed by atoms with Crippen LogP contribution in [0.25, 0.3) is 0 Å². The summed E-state index contributed by atoms with van der Waals surface area (Å²) in [5.41, 5.74) is 5.29. The number of hydrogen-bond acceptors (Lipinski definition) is 3. The van der Waals surface area contributed by atoms with Crippen molar-refractivity contribution < 1.29 is 9.59 Å². The van der Waals surface area contributed by atoms with Crippen LogP contribution in [-0.2, 0) is 9.59 Å². The number of rotatable bonds is 4. The fraction of sp³-hybridized carbons (Fsp3) is 0.833. The van der Waals surface area contributed by atoms with E-state index < -0.39 is 0 Å². The first-order chi connectivity index (χ1) is 7.95. The van der Waals surface area contributed by atoms with Crippen LogP contribution >= 0.6 is 12.4 Å². The lowest BCUT2D eigenvalue weighted by Crippen LogP contribution is -2.50. The Kier molecular flexibility index (Phi) is 7.25. The van der Waals surface area contributed by atoms with Gasteiger partial charge in [-0.1, -0.05) is 26.7 Å². The van der Waals surface area contributed by atoms with Gasteiger partial charge in [0.1, 0.15) is 0 Å². The molecule has 4 N–H and O–H groups in total. The zero-order valence-electron chi connectivity index (χ0n) is 11.1. The summed E-state index contributed by atoms with van der Waals surface area (Å²) in [6, 6.07) is 0.207. The molecule has 0 heterocycles. The lowest BCUT2D eigenvalue weighted by Gasteiger charge is -2.39. The molecule has 1 atom stereocenters. The Labute approximate surface area is 115 Å². The van der Waals surface area contributed by atoms with E-state index in [1.165, 1.54) is 6.42 Å². The van der Waals surface area contributed by atoms with Crippen LogP contribution in [0.2, 0.25) is 0 Å². The van der Waals surface area contributed by atoms with Crippen LogP contribution in [0, 0.1) is 5.41 Å². The van der Waals surface area contributed by atoms with Crippen LogP contribution < -0.4 is 16.4 Å². The van der Waals surface area contributed by atoms with Gasteiger partial charge in [-0.2, -0.15) is 0 Å². The van der Waals surface area contributed by atoms with Crippen molar-refractivity contribution in [3.05, 3.63) is 0 Å². The van der Waals surface area contributed by atoms with Crippen molar-refractivity contribution in [1.82, 2.24) is 10.6 Å². The molecule has 1 fully saturated rings. The third-order valence-corrected chi connectivity index (χ3v) is 3.47. The molecule has 1 aliphatic carbocycles. The van der Waals surface area contributed by atoms with Crippen molar-refractivity contribution in [3.63, 3.8) is 0 Å². The standard InChI is InChI=1S/C12H23N3O2.ClH/c1-12(2)6-4-3-5-9(12)15-11(17)8-14-10(16)7-13;/h9H,3-8,13H2,1-2H3,(H,14,16)(H,15,17);1H. The average Bonchev–Trinajstić information content (AvgIpc) is 2.28. The van der Waals surface area contributed by atoms with Gasteiger partial charge in [0, 0.05) is 6.04 Å². The SMILES string of the molecule is CC1(C)CCCCC1NC(=O)CNC(=O)CN.Cl. The van der Waals surface area contributed by atoms with Crippen molar-refractivity contribution >= 4 is 24.2 Å². The first kappa shape index (κ1) is 17.2. The summed E-state index contributed by atoms with van der Waals surface area (Å²) in [4.78, 5) is 22.6. The smallest absolute Gasteiger partial charge is 0.239 e. The summed E-state index contributed by atoms with van der Waals surface area (Å²) in [5, 5.41) is 5.47. The second-order valence-corrected chi connectivity index (χ2v) is 5.34. The molecule has 1 rings (SSSR count). The first-order valence-electron chi connectivity index (χ1n) is 6.22. The second-order valence-electron chi connectivity index (χ2n) is 5.34. The number of carbonyl (C=O) groups excluding carboxylic acids is 2. The average molecular weight is 278 g/mol. The van der Waals surface area contributed by atoms with Crippen molar-refractivity contribution in [2.45, 2.75) is 45.6 Å². The molecule has 0 bridgehead atoms. The molecule has 106 valence electrons. The van der Waals surface area contributed by atoms with Gasteiger partial charge in [0.15, 0.2) is 0 Å². The maximum atomic E-state index is 11.7. The van der Waals surface area contributed by atoms with Gasteiger partial charge in [-0.05, 0) is 18.3 Å². The third kappa shape index (κ3) is 5.23. The molecule has 1 saturated carbocycles. The molecule has 0 saturated heterocycles. The van der Waals surface area contributed by atoms with Crippen LogP contribution in [0.1, 0.15) is 39.5 Å². The zero-order valence-corrected chi connectivity index (χ0v) is 11.9. The molecule has 1 aliphatic rings. The van der Waals surface area contributed by atoms with Gasteiger partial charge in [0.2, 0.25) is 11.8 Å². The van der Waals surface area contributed by atoms with Gasteiger partial charge < -0.3 is 16.4 Å². The summed E-state index contributed by atoms with van der Waals surface area (Å²) in [5.74, 6) is -0.435. The van der Waals surface area contributed by atoms with E-state index in [1.54, 1.807) is 0 Å². The maximum Gasteiger partial charge on any atom is 0.239 e. The predicted molar refractivity (Wildman–Crippen MR) is 73.5 cm³/mol. The highest BCUT2D eigenvalue weighted by molar-refractivity contribution is 5.85. The van der Waals surface area contributed by atoms with Crippen molar-refractivity contribution in [1.29, 1.82) is 0 Å². The molecule has 6 heteroatoms. The molecule has 5 nitrogen and oxygen atoms in total. The number of amides is 2. The minimum absolute atomic E-state index is 0. The van der Waals surface area contributed by atoms with E-state index in [-0.39, 0.29) is 48.8 Å².